The molecule has 4 aromatic rings. The Morgan fingerprint density at radius 1 is 0.968 bits per heavy atom. The van der Waals surface area contributed by atoms with Crippen LogP contribution in [-0.4, -0.2) is 37.8 Å². The fourth-order valence-corrected chi connectivity index (χ4v) is 4.69. The summed E-state index contributed by atoms with van der Waals surface area (Å²) in [5, 5.41) is 0. The van der Waals surface area contributed by atoms with E-state index < -0.39 is 21.7 Å². The maximum absolute atomic E-state index is 13.1. The van der Waals surface area contributed by atoms with Crippen molar-refractivity contribution in [3.8, 4) is 11.4 Å². The zero-order valence-corrected chi connectivity index (χ0v) is 17.8. The molecule has 3 aromatic heterocycles. The van der Waals surface area contributed by atoms with Gasteiger partial charge in [-0.05, 0) is 18.2 Å². The smallest absolute Gasteiger partial charge is 0.326 e. The van der Waals surface area contributed by atoms with Crippen LogP contribution in [0.3, 0.4) is 0 Å². The van der Waals surface area contributed by atoms with Crippen molar-refractivity contribution < 1.29 is 21.6 Å². The van der Waals surface area contributed by atoms with Crippen LogP contribution in [0.4, 0.5) is 13.2 Å². The molecule has 0 fully saturated rings. The van der Waals surface area contributed by atoms with E-state index in [2.05, 4.69) is 9.97 Å². The number of hydrogen-bond acceptors (Lipinski definition) is 5. The number of benzene rings is 1. The Balaban J connectivity index is 2.10. The Hall–Kier alpha value is -3.15. The van der Waals surface area contributed by atoms with E-state index >= 15 is 0 Å². The molecule has 0 amide bonds. The molecule has 0 bridgehead atoms. The number of halogens is 3. The lowest BCUT2D eigenvalue weighted by Gasteiger charge is -2.11. The molecule has 164 valence electrons. The SMILES string of the molecule is CCS(=O)(=O)c1cc2c(cc1-c1nc3cc(C(F)(F)F)ncc3n1C)n(C)c(=O)n2C. The van der Waals surface area contributed by atoms with E-state index in [4.69, 9.17) is 0 Å². The molecule has 0 unspecified atom stereocenters. The van der Waals surface area contributed by atoms with Gasteiger partial charge in [0.15, 0.2) is 9.84 Å². The highest BCUT2D eigenvalue weighted by Gasteiger charge is 2.33. The second kappa shape index (κ2) is 6.67. The predicted octanol–water partition coefficient (Wildman–Crippen LogP) is 2.64. The molecule has 0 aliphatic carbocycles. The Labute approximate surface area is 174 Å². The number of alkyl halides is 3. The number of aromatic nitrogens is 5. The Morgan fingerprint density at radius 3 is 2.16 bits per heavy atom. The lowest BCUT2D eigenvalue weighted by molar-refractivity contribution is -0.141. The largest absolute Gasteiger partial charge is 0.433 e. The molecule has 0 spiro atoms. The van der Waals surface area contributed by atoms with E-state index in [1.54, 1.807) is 14.1 Å². The first-order chi connectivity index (χ1) is 14.4. The summed E-state index contributed by atoms with van der Waals surface area (Å²) in [6, 6.07) is 3.76. The van der Waals surface area contributed by atoms with Crippen LogP contribution in [0, 0.1) is 0 Å². The molecule has 12 heteroatoms. The Kier molecular flexibility index (Phi) is 4.54. The molecule has 4 rings (SSSR count). The summed E-state index contributed by atoms with van der Waals surface area (Å²) in [6.45, 7) is 1.49. The summed E-state index contributed by atoms with van der Waals surface area (Å²) >= 11 is 0. The molecule has 0 saturated carbocycles. The highest BCUT2D eigenvalue weighted by atomic mass is 32.2. The first-order valence-corrected chi connectivity index (χ1v) is 10.8. The van der Waals surface area contributed by atoms with Crippen LogP contribution < -0.4 is 5.69 Å². The molecule has 3 heterocycles. The lowest BCUT2D eigenvalue weighted by Crippen LogP contribution is -2.19. The standard InChI is InChI=1S/C19H18F3N5O3S/c1-5-31(29,30)15-8-13-12(26(3)18(28)27(13)4)6-10(15)17-24-11-7-16(19(20,21)22)23-9-14(11)25(17)2/h6-9H,5H2,1-4H3. The molecule has 1 aromatic carbocycles. The van der Waals surface area contributed by atoms with Gasteiger partial charge in [0, 0.05) is 26.7 Å². The average molecular weight is 453 g/mol. The maximum Gasteiger partial charge on any atom is 0.433 e. The van der Waals surface area contributed by atoms with Crippen molar-refractivity contribution in [3.63, 3.8) is 0 Å². The van der Waals surface area contributed by atoms with Gasteiger partial charge in [-0.2, -0.15) is 13.2 Å². The highest BCUT2D eigenvalue weighted by molar-refractivity contribution is 7.91. The lowest BCUT2D eigenvalue weighted by atomic mass is 10.2. The number of rotatable bonds is 3. The zero-order chi connectivity index (χ0) is 22.9. The zero-order valence-electron chi connectivity index (χ0n) is 17.0. The fourth-order valence-electron chi connectivity index (χ4n) is 3.60. The van der Waals surface area contributed by atoms with Crippen molar-refractivity contribution >= 4 is 31.9 Å². The Bertz CT molecular complexity index is 1530. The number of sulfone groups is 1. The van der Waals surface area contributed by atoms with Gasteiger partial charge in [0.1, 0.15) is 11.5 Å². The Morgan fingerprint density at radius 2 is 1.58 bits per heavy atom. The van der Waals surface area contributed by atoms with Gasteiger partial charge in [-0.3, -0.25) is 9.13 Å². The molecule has 31 heavy (non-hydrogen) atoms. The molecule has 0 aliphatic heterocycles. The third-order valence-electron chi connectivity index (χ3n) is 5.39. The second-order valence-electron chi connectivity index (χ2n) is 7.19. The van der Waals surface area contributed by atoms with Crippen LogP contribution in [0.2, 0.25) is 0 Å². The van der Waals surface area contributed by atoms with E-state index in [1.807, 2.05) is 0 Å². The van der Waals surface area contributed by atoms with Crippen molar-refractivity contribution in [3.05, 3.63) is 40.6 Å². The molecular weight excluding hydrogens is 435 g/mol. The van der Waals surface area contributed by atoms with Gasteiger partial charge >= 0.3 is 11.9 Å². The third-order valence-corrected chi connectivity index (χ3v) is 7.15. The number of pyridine rings is 1. The fraction of sp³-hybridized carbons (Fsp3) is 0.316. The molecule has 0 aliphatic rings. The van der Waals surface area contributed by atoms with Crippen molar-refractivity contribution in [2.45, 2.75) is 18.0 Å². The molecule has 0 N–H and O–H groups in total. The minimum absolute atomic E-state index is 0.0294. The van der Waals surface area contributed by atoms with E-state index in [0.717, 1.165) is 12.3 Å². The first-order valence-electron chi connectivity index (χ1n) is 9.19. The summed E-state index contributed by atoms with van der Waals surface area (Å²) in [5.74, 6) is -0.0444. The molecule has 0 atom stereocenters. The van der Waals surface area contributed by atoms with Gasteiger partial charge in [-0.15, -0.1) is 0 Å². The van der Waals surface area contributed by atoms with Crippen LogP contribution in [0.1, 0.15) is 12.6 Å². The topological polar surface area (TPSA) is 91.8 Å². The number of fused-ring (bicyclic) bond motifs is 2. The van der Waals surface area contributed by atoms with E-state index in [9.17, 15) is 26.4 Å². The van der Waals surface area contributed by atoms with Crippen LogP contribution in [-0.2, 0) is 37.2 Å². The quantitative estimate of drug-likeness (QED) is 0.476. The van der Waals surface area contributed by atoms with Crippen LogP contribution in [0.15, 0.2) is 34.1 Å². The highest BCUT2D eigenvalue weighted by Crippen LogP contribution is 2.35. The normalized spacial score (nSPS) is 12.9. The van der Waals surface area contributed by atoms with Crippen molar-refractivity contribution in [2.75, 3.05) is 5.75 Å². The summed E-state index contributed by atoms with van der Waals surface area (Å²) in [7, 11) is 0.904. The summed E-state index contributed by atoms with van der Waals surface area (Å²) in [5.41, 5.74) is -0.000761. The van der Waals surface area contributed by atoms with Gasteiger partial charge in [-0.25, -0.2) is 23.2 Å². The van der Waals surface area contributed by atoms with Gasteiger partial charge in [0.05, 0.1) is 38.9 Å². The van der Waals surface area contributed by atoms with Crippen LogP contribution >= 0.6 is 0 Å². The van der Waals surface area contributed by atoms with Crippen LogP contribution in [0.25, 0.3) is 33.5 Å². The van der Waals surface area contributed by atoms with E-state index in [1.165, 1.54) is 39.8 Å². The van der Waals surface area contributed by atoms with Crippen molar-refractivity contribution in [1.29, 1.82) is 0 Å². The second-order valence-corrected chi connectivity index (χ2v) is 9.44. The maximum atomic E-state index is 13.1. The molecular formula is C19H18F3N5O3S. The monoisotopic (exact) mass is 453 g/mol. The number of imidazole rings is 2. The van der Waals surface area contributed by atoms with E-state index in [0.29, 0.717) is 16.6 Å². The van der Waals surface area contributed by atoms with Gasteiger partial charge in [0.2, 0.25) is 0 Å². The third kappa shape index (κ3) is 3.12. The minimum atomic E-state index is -4.64. The minimum Gasteiger partial charge on any atom is -0.326 e. The van der Waals surface area contributed by atoms with Crippen molar-refractivity contribution in [1.82, 2.24) is 23.7 Å². The van der Waals surface area contributed by atoms with Gasteiger partial charge in [-0.1, -0.05) is 6.92 Å². The van der Waals surface area contributed by atoms with Gasteiger partial charge < -0.3 is 4.57 Å². The summed E-state index contributed by atoms with van der Waals surface area (Å²) in [6.07, 6.45) is -3.58. The molecule has 0 radical (unpaired) electrons. The summed E-state index contributed by atoms with van der Waals surface area (Å²) < 4.78 is 69.1. The molecule has 8 nitrogen and oxygen atoms in total. The van der Waals surface area contributed by atoms with Gasteiger partial charge in [0.25, 0.3) is 0 Å². The average Bonchev–Trinajstić information content (AvgIpc) is 3.16. The number of hydrogen-bond donors (Lipinski definition) is 0. The van der Waals surface area contributed by atoms with Crippen molar-refractivity contribution in [2.24, 2.45) is 21.1 Å². The predicted molar refractivity (Wildman–Crippen MR) is 108 cm³/mol. The van der Waals surface area contributed by atoms with Crippen LogP contribution in [0.5, 0.6) is 0 Å². The van der Waals surface area contributed by atoms with E-state index in [-0.39, 0.29) is 33.2 Å². The number of nitrogens with zero attached hydrogens (tertiary/aromatic N) is 5. The summed E-state index contributed by atoms with van der Waals surface area (Å²) in [4.78, 5) is 20.1. The molecule has 0 saturated heterocycles. The number of aryl methyl sites for hydroxylation is 3. The first kappa shape index (κ1) is 21.1.